The minimum atomic E-state index is 0.495. The van der Waals surface area contributed by atoms with Crippen molar-refractivity contribution in [1.82, 2.24) is 5.32 Å². The molecule has 4 rings (SSSR count). The summed E-state index contributed by atoms with van der Waals surface area (Å²) in [6.07, 6.45) is 7.52. The first kappa shape index (κ1) is 13.8. The van der Waals surface area contributed by atoms with Crippen LogP contribution in [-0.4, -0.2) is 6.04 Å². The molecule has 3 aliphatic rings. The summed E-state index contributed by atoms with van der Waals surface area (Å²) in [7, 11) is 0. The summed E-state index contributed by atoms with van der Waals surface area (Å²) in [4.78, 5) is 0. The average molecular weight is 283 g/mol. The molecule has 6 unspecified atom stereocenters. The highest BCUT2D eigenvalue weighted by Crippen LogP contribution is 2.58. The summed E-state index contributed by atoms with van der Waals surface area (Å²) in [6.45, 7) is 6.80. The molecule has 0 aliphatic heterocycles. The summed E-state index contributed by atoms with van der Waals surface area (Å²) in [5.74, 6) is 4.19. The molecule has 1 aromatic carbocycles. The van der Waals surface area contributed by atoms with Gasteiger partial charge < -0.3 is 5.32 Å². The average Bonchev–Trinajstić information content (AvgIpc) is 3.09. The lowest BCUT2D eigenvalue weighted by Crippen LogP contribution is -2.40. The van der Waals surface area contributed by atoms with Gasteiger partial charge in [-0.2, -0.15) is 0 Å². The van der Waals surface area contributed by atoms with E-state index in [1.807, 2.05) is 0 Å². The van der Waals surface area contributed by atoms with E-state index < -0.39 is 0 Å². The van der Waals surface area contributed by atoms with Crippen LogP contribution in [0, 0.1) is 37.5 Å². The summed E-state index contributed by atoms with van der Waals surface area (Å²) in [6, 6.07) is 8.18. The second-order valence-corrected chi connectivity index (χ2v) is 8.01. The molecule has 0 heterocycles. The van der Waals surface area contributed by atoms with Crippen LogP contribution in [-0.2, 0) is 0 Å². The molecule has 1 nitrogen and oxygen atoms in total. The quantitative estimate of drug-likeness (QED) is 0.842. The van der Waals surface area contributed by atoms with Gasteiger partial charge in [-0.25, -0.2) is 0 Å². The molecular weight excluding hydrogens is 254 g/mol. The van der Waals surface area contributed by atoms with Crippen molar-refractivity contribution in [2.75, 3.05) is 0 Å². The van der Waals surface area contributed by atoms with Crippen molar-refractivity contribution < 1.29 is 0 Å². The molecule has 0 spiro atoms. The Morgan fingerprint density at radius 3 is 2.67 bits per heavy atom. The molecule has 1 aromatic rings. The number of aryl methyl sites for hydroxylation is 2. The van der Waals surface area contributed by atoms with Crippen molar-refractivity contribution in [1.29, 1.82) is 0 Å². The predicted molar refractivity (Wildman–Crippen MR) is 88.3 cm³/mol. The summed E-state index contributed by atoms with van der Waals surface area (Å²) >= 11 is 0. The molecule has 114 valence electrons. The lowest BCUT2D eigenvalue weighted by atomic mass is 9.79. The molecule has 3 aliphatic carbocycles. The van der Waals surface area contributed by atoms with E-state index in [1.54, 1.807) is 0 Å². The van der Waals surface area contributed by atoms with Crippen LogP contribution >= 0.6 is 0 Å². The highest BCUT2D eigenvalue weighted by molar-refractivity contribution is 5.32. The largest absolute Gasteiger partial charge is 0.307 e. The zero-order chi connectivity index (χ0) is 14.6. The Morgan fingerprint density at radius 1 is 1.05 bits per heavy atom. The second-order valence-electron chi connectivity index (χ2n) is 8.01. The molecule has 0 amide bonds. The van der Waals surface area contributed by atoms with Crippen LogP contribution in [0.4, 0.5) is 0 Å². The molecule has 3 fully saturated rings. The van der Waals surface area contributed by atoms with E-state index in [0.717, 1.165) is 29.7 Å². The number of fused-ring (bicyclic) bond motifs is 5. The number of nitrogens with one attached hydrogen (secondary N) is 1. The van der Waals surface area contributed by atoms with E-state index in [-0.39, 0.29) is 0 Å². The van der Waals surface area contributed by atoms with Crippen LogP contribution in [0.3, 0.4) is 0 Å². The van der Waals surface area contributed by atoms with E-state index in [2.05, 4.69) is 44.3 Å². The Kier molecular flexibility index (Phi) is 3.37. The van der Waals surface area contributed by atoms with Gasteiger partial charge in [0.25, 0.3) is 0 Å². The SMILES string of the molecule is Cc1ccc(C(C)NC2CC3CC2C2CCCC32)c(C)c1. The first-order chi connectivity index (χ1) is 10.1. The van der Waals surface area contributed by atoms with E-state index in [1.165, 1.54) is 48.8 Å². The van der Waals surface area contributed by atoms with Crippen molar-refractivity contribution in [3.63, 3.8) is 0 Å². The lowest BCUT2D eigenvalue weighted by molar-refractivity contribution is 0.200. The third-order valence-corrected chi connectivity index (χ3v) is 6.78. The zero-order valence-corrected chi connectivity index (χ0v) is 13.7. The summed E-state index contributed by atoms with van der Waals surface area (Å²) < 4.78 is 0. The van der Waals surface area contributed by atoms with Crippen LogP contribution < -0.4 is 5.32 Å². The highest BCUT2D eigenvalue weighted by Gasteiger charge is 2.53. The fourth-order valence-corrected chi connectivity index (χ4v) is 5.98. The van der Waals surface area contributed by atoms with Gasteiger partial charge in [0.05, 0.1) is 0 Å². The normalized spacial score (nSPS) is 38.7. The van der Waals surface area contributed by atoms with E-state index in [4.69, 9.17) is 0 Å². The molecule has 1 N–H and O–H groups in total. The first-order valence-electron chi connectivity index (χ1n) is 8.96. The highest BCUT2D eigenvalue weighted by atomic mass is 15.0. The van der Waals surface area contributed by atoms with Gasteiger partial charge in [0.15, 0.2) is 0 Å². The third kappa shape index (κ3) is 2.25. The van der Waals surface area contributed by atoms with Gasteiger partial charge in [-0.15, -0.1) is 0 Å². The number of benzene rings is 1. The van der Waals surface area contributed by atoms with Crippen molar-refractivity contribution >= 4 is 0 Å². The molecule has 0 aromatic heterocycles. The van der Waals surface area contributed by atoms with Crippen LogP contribution in [0.15, 0.2) is 18.2 Å². The van der Waals surface area contributed by atoms with E-state index in [9.17, 15) is 0 Å². The fraction of sp³-hybridized carbons (Fsp3) is 0.700. The molecule has 2 bridgehead atoms. The Bertz CT molecular complexity index is 535. The van der Waals surface area contributed by atoms with E-state index in [0.29, 0.717) is 6.04 Å². The van der Waals surface area contributed by atoms with Crippen LogP contribution in [0.25, 0.3) is 0 Å². The van der Waals surface area contributed by atoms with Gasteiger partial charge >= 0.3 is 0 Å². The standard InChI is InChI=1S/C20H29N/c1-12-7-8-16(13(2)9-12)14(3)21-20-11-15-10-19(20)18-6-4-5-17(15)18/h7-9,14-15,17-21H,4-6,10-11H2,1-3H3. The van der Waals surface area contributed by atoms with Crippen molar-refractivity contribution in [2.45, 2.75) is 65.0 Å². The Hall–Kier alpha value is -0.820. The maximum absolute atomic E-state index is 4.00. The summed E-state index contributed by atoms with van der Waals surface area (Å²) in [5.41, 5.74) is 4.31. The molecular formula is C20H29N. The molecule has 0 saturated heterocycles. The van der Waals surface area contributed by atoms with Gasteiger partial charge in [-0.05, 0) is 81.3 Å². The molecule has 0 radical (unpaired) electrons. The minimum absolute atomic E-state index is 0.495. The molecule has 6 atom stereocenters. The number of hydrogen-bond donors (Lipinski definition) is 1. The van der Waals surface area contributed by atoms with Crippen LogP contribution in [0.1, 0.15) is 61.8 Å². The number of hydrogen-bond acceptors (Lipinski definition) is 1. The van der Waals surface area contributed by atoms with Crippen LogP contribution in [0.5, 0.6) is 0 Å². The van der Waals surface area contributed by atoms with E-state index >= 15 is 0 Å². The summed E-state index contributed by atoms with van der Waals surface area (Å²) in [5, 5.41) is 4.00. The smallest absolute Gasteiger partial charge is 0.0297 e. The Balaban J connectivity index is 1.47. The van der Waals surface area contributed by atoms with Gasteiger partial charge in [0, 0.05) is 12.1 Å². The predicted octanol–water partition coefficient (Wildman–Crippen LogP) is 4.78. The Morgan fingerprint density at radius 2 is 1.86 bits per heavy atom. The van der Waals surface area contributed by atoms with Crippen LogP contribution in [0.2, 0.25) is 0 Å². The van der Waals surface area contributed by atoms with Crippen molar-refractivity contribution in [3.8, 4) is 0 Å². The Labute approximate surface area is 129 Å². The minimum Gasteiger partial charge on any atom is -0.307 e. The maximum atomic E-state index is 4.00. The lowest BCUT2D eigenvalue weighted by Gasteiger charge is -2.34. The van der Waals surface area contributed by atoms with Gasteiger partial charge in [0.2, 0.25) is 0 Å². The van der Waals surface area contributed by atoms with Gasteiger partial charge in [-0.3, -0.25) is 0 Å². The first-order valence-corrected chi connectivity index (χ1v) is 8.96. The monoisotopic (exact) mass is 283 g/mol. The maximum Gasteiger partial charge on any atom is 0.0297 e. The topological polar surface area (TPSA) is 12.0 Å². The molecule has 3 saturated carbocycles. The zero-order valence-electron chi connectivity index (χ0n) is 13.7. The fourth-order valence-electron chi connectivity index (χ4n) is 5.98. The number of rotatable bonds is 3. The molecule has 21 heavy (non-hydrogen) atoms. The van der Waals surface area contributed by atoms with Crippen molar-refractivity contribution in [3.05, 3.63) is 34.9 Å². The van der Waals surface area contributed by atoms with Crippen molar-refractivity contribution in [2.24, 2.45) is 23.7 Å². The van der Waals surface area contributed by atoms with Gasteiger partial charge in [-0.1, -0.05) is 30.2 Å². The molecule has 1 heteroatoms. The van der Waals surface area contributed by atoms with Gasteiger partial charge in [0.1, 0.15) is 0 Å². The second kappa shape index (κ2) is 5.12. The third-order valence-electron chi connectivity index (χ3n) is 6.78.